The van der Waals surface area contributed by atoms with Gasteiger partial charge in [0.1, 0.15) is 5.71 Å². The first-order valence-electron chi connectivity index (χ1n) is 6.64. The van der Waals surface area contributed by atoms with Gasteiger partial charge >= 0.3 is 0 Å². The van der Waals surface area contributed by atoms with Gasteiger partial charge in [-0.15, -0.1) is 0 Å². The third-order valence-corrected chi connectivity index (χ3v) is 3.45. The molecule has 0 spiro atoms. The van der Waals surface area contributed by atoms with E-state index in [2.05, 4.69) is 25.4 Å². The molecule has 1 aromatic heterocycles. The summed E-state index contributed by atoms with van der Waals surface area (Å²) in [5.41, 5.74) is 3.68. The summed E-state index contributed by atoms with van der Waals surface area (Å²) in [5.74, 6) is 0.619. The van der Waals surface area contributed by atoms with Crippen molar-refractivity contribution in [3.05, 3.63) is 24.3 Å². The van der Waals surface area contributed by atoms with Crippen molar-refractivity contribution in [1.82, 2.24) is 20.3 Å². The Morgan fingerprint density at radius 3 is 2.47 bits per heavy atom. The molecule has 1 aromatic rings. The largest absolute Gasteiger partial charge is 0.348 e. The lowest BCUT2D eigenvalue weighted by Gasteiger charge is -2.22. The molecule has 19 heavy (non-hydrogen) atoms. The number of nitrogens with one attached hydrogen (secondary N) is 1. The third-order valence-electron chi connectivity index (χ3n) is 3.10. The monoisotopic (exact) mass is 277 g/mol. The van der Waals surface area contributed by atoms with E-state index in [1.807, 2.05) is 6.92 Å². The van der Waals surface area contributed by atoms with Gasteiger partial charge in [-0.3, -0.25) is 5.43 Å². The Bertz CT molecular complexity index is 438. The molecule has 1 aliphatic heterocycles. The topological polar surface area (TPSA) is 53.4 Å². The third kappa shape index (κ3) is 4.24. The van der Waals surface area contributed by atoms with Gasteiger partial charge in [-0.2, -0.15) is 5.10 Å². The molecular formula is C13H19N5S. The van der Waals surface area contributed by atoms with Gasteiger partial charge in [-0.25, -0.2) is 9.97 Å². The number of likely N-dealkylation sites (tertiary alicyclic amines) is 1. The fraction of sp³-hybridized carbons (Fsp3) is 0.538. The van der Waals surface area contributed by atoms with Gasteiger partial charge in [0.15, 0.2) is 10.9 Å². The highest BCUT2D eigenvalue weighted by Crippen LogP contribution is 2.09. The van der Waals surface area contributed by atoms with Gasteiger partial charge in [-0.1, -0.05) is 12.8 Å². The average Bonchev–Trinajstić information content (AvgIpc) is 2.74. The lowest BCUT2D eigenvalue weighted by atomic mass is 10.2. The van der Waals surface area contributed by atoms with Crippen LogP contribution in [-0.4, -0.2) is 38.8 Å². The Kier molecular flexibility index (Phi) is 5.20. The van der Waals surface area contributed by atoms with Gasteiger partial charge in [0.25, 0.3) is 0 Å². The predicted octanol–water partition coefficient (Wildman–Crippen LogP) is 1.95. The van der Waals surface area contributed by atoms with Gasteiger partial charge in [0.2, 0.25) is 0 Å². The van der Waals surface area contributed by atoms with Crippen LogP contribution >= 0.6 is 12.2 Å². The SMILES string of the molecule is C/C(=N\NC(=S)N1CCCCCC1)c1ncccn1. The van der Waals surface area contributed by atoms with E-state index in [1.54, 1.807) is 18.5 Å². The highest BCUT2D eigenvalue weighted by molar-refractivity contribution is 7.80. The second kappa shape index (κ2) is 7.13. The average molecular weight is 277 g/mol. The second-order valence-electron chi connectivity index (χ2n) is 4.59. The fourth-order valence-electron chi connectivity index (χ4n) is 2.01. The van der Waals surface area contributed by atoms with Crippen LogP contribution in [0.1, 0.15) is 38.4 Å². The lowest BCUT2D eigenvalue weighted by molar-refractivity contribution is 0.428. The maximum atomic E-state index is 5.37. The number of aromatic nitrogens is 2. The van der Waals surface area contributed by atoms with Gasteiger partial charge in [0.05, 0.1) is 0 Å². The molecule has 1 fully saturated rings. The summed E-state index contributed by atoms with van der Waals surface area (Å²) in [6, 6.07) is 1.78. The summed E-state index contributed by atoms with van der Waals surface area (Å²) in [7, 11) is 0. The number of nitrogens with zero attached hydrogens (tertiary/aromatic N) is 4. The van der Waals surface area contributed by atoms with Gasteiger partial charge < -0.3 is 4.90 Å². The van der Waals surface area contributed by atoms with Crippen molar-refractivity contribution < 1.29 is 0 Å². The first-order valence-corrected chi connectivity index (χ1v) is 7.05. The molecule has 0 amide bonds. The molecule has 102 valence electrons. The predicted molar refractivity (Wildman–Crippen MR) is 80.0 cm³/mol. The fourth-order valence-corrected chi connectivity index (χ4v) is 2.24. The Labute approximate surface area is 119 Å². The second-order valence-corrected chi connectivity index (χ2v) is 4.97. The quantitative estimate of drug-likeness (QED) is 0.509. The molecule has 2 rings (SSSR count). The minimum Gasteiger partial charge on any atom is -0.348 e. The summed E-state index contributed by atoms with van der Waals surface area (Å²) in [6.07, 6.45) is 8.39. The number of hydrogen-bond donors (Lipinski definition) is 1. The highest BCUT2D eigenvalue weighted by atomic mass is 32.1. The molecule has 0 aromatic carbocycles. The minimum atomic E-state index is 0.619. The Hall–Kier alpha value is -1.56. The van der Waals surface area contributed by atoms with E-state index >= 15 is 0 Å². The van der Waals surface area contributed by atoms with Crippen molar-refractivity contribution in [2.24, 2.45) is 5.10 Å². The summed E-state index contributed by atoms with van der Waals surface area (Å²) < 4.78 is 0. The summed E-state index contributed by atoms with van der Waals surface area (Å²) in [6.45, 7) is 3.90. The van der Waals surface area contributed by atoms with Crippen LogP contribution in [0.2, 0.25) is 0 Å². The van der Waals surface area contributed by atoms with E-state index in [-0.39, 0.29) is 0 Å². The number of hydrogen-bond acceptors (Lipinski definition) is 4. The van der Waals surface area contributed by atoms with Gasteiger partial charge in [0, 0.05) is 25.5 Å². The van der Waals surface area contributed by atoms with Crippen molar-refractivity contribution in [2.75, 3.05) is 13.1 Å². The standard InChI is InChI=1S/C13H19N5S/c1-11(12-14-7-6-8-15-12)16-17-13(19)18-9-4-2-3-5-10-18/h6-8H,2-5,9-10H2,1H3,(H,17,19)/b16-11+. The number of hydrazone groups is 1. The molecule has 1 aliphatic rings. The molecular weight excluding hydrogens is 258 g/mol. The maximum Gasteiger partial charge on any atom is 0.189 e. The zero-order valence-corrected chi connectivity index (χ0v) is 12.0. The molecule has 0 radical (unpaired) electrons. The van der Waals surface area contributed by atoms with Crippen LogP contribution in [0.15, 0.2) is 23.6 Å². The van der Waals surface area contributed by atoms with Crippen LogP contribution in [-0.2, 0) is 0 Å². The zero-order valence-electron chi connectivity index (χ0n) is 11.2. The molecule has 6 heteroatoms. The van der Waals surface area contributed by atoms with Crippen molar-refractivity contribution >= 4 is 23.0 Å². The summed E-state index contributed by atoms with van der Waals surface area (Å²) in [5, 5.41) is 4.95. The molecule has 2 heterocycles. The molecule has 0 aliphatic carbocycles. The first kappa shape index (κ1) is 13.9. The van der Waals surface area contributed by atoms with Gasteiger partial charge in [-0.05, 0) is 38.0 Å². The first-order chi connectivity index (χ1) is 9.27. The van der Waals surface area contributed by atoms with E-state index in [1.165, 1.54) is 25.7 Å². The van der Waals surface area contributed by atoms with E-state index in [0.29, 0.717) is 10.9 Å². The van der Waals surface area contributed by atoms with Crippen molar-refractivity contribution in [3.63, 3.8) is 0 Å². The van der Waals surface area contributed by atoms with E-state index in [4.69, 9.17) is 12.2 Å². The van der Waals surface area contributed by atoms with E-state index in [9.17, 15) is 0 Å². The summed E-state index contributed by atoms with van der Waals surface area (Å²) in [4.78, 5) is 10.5. The molecule has 1 saturated heterocycles. The van der Waals surface area contributed by atoms with Crippen molar-refractivity contribution in [1.29, 1.82) is 0 Å². The smallest absolute Gasteiger partial charge is 0.189 e. The Balaban J connectivity index is 1.91. The van der Waals surface area contributed by atoms with Crippen LogP contribution in [0.5, 0.6) is 0 Å². The van der Waals surface area contributed by atoms with E-state index in [0.717, 1.165) is 18.8 Å². The van der Waals surface area contributed by atoms with E-state index < -0.39 is 0 Å². The Morgan fingerprint density at radius 2 is 1.84 bits per heavy atom. The van der Waals surface area contributed by atoms with Crippen molar-refractivity contribution in [3.8, 4) is 0 Å². The van der Waals surface area contributed by atoms with Crippen LogP contribution in [0.4, 0.5) is 0 Å². The van der Waals surface area contributed by atoms with Crippen molar-refractivity contribution in [2.45, 2.75) is 32.6 Å². The normalized spacial score (nSPS) is 16.9. The lowest BCUT2D eigenvalue weighted by Crippen LogP contribution is -2.38. The summed E-state index contributed by atoms with van der Waals surface area (Å²) >= 11 is 5.37. The number of rotatable bonds is 2. The Morgan fingerprint density at radius 1 is 1.21 bits per heavy atom. The van der Waals surface area contributed by atoms with Crippen LogP contribution in [0.25, 0.3) is 0 Å². The minimum absolute atomic E-state index is 0.619. The molecule has 0 bridgehead atoms. The van der Waals surface area contributed by atoms with Crippen LogP contribution < -0.4 is 5.43 Å². The highest BCUT2D eigenvalue weighted by Gasteiger charge is 2.11. The molecule has 0 atom stereocenters. The number of thiocarbonyl (C=S) groups is 1. The van der Waals surface area contributed by atoms with Crippen LogP contribution in [0.3, 0.4) is 0 Å². The molecule has 0 saturated carbocycles. The van der Waals surface area contributed by atoms with Crippen LogP contribution in [0, 0.1) is 0 Å². The zero-order chi connectivity index (χ0) is 13.5. The molecule has 1 N–H and O–H groups in total. The molecule has 5 nitrogen and oxygen atoms in total. The maximum absolute atomic E-state index is 5.37. The molecule has 0 unspecified atom stereocenters.